The molecule has 0 aliphatic carbocycles. The Labute approximate surface area is 220 Å². The Morgan fingerprint density at radius 2 is 1.97 bits per heavy atom. The van der Waals surface area contributed by atoms with Gasteiger partial charge in [0.1, 0.15) is 12.1 Å². The average Bonchev–Trinajstić information content (AvgIpc) is 3.21. The van der Waals surface area contributed by atoms with Gasteiger partial charge in [-0.15, -0.1) is 0 Å². The molecule has 10 heteroatoms. The van der Waals surface area contributed by atoms with Crippen LogP contribution < -0.4 is 5.32 Å². The molecule has 204 valence electrons. The molecule has 2 aromatic rings. The maximum absolute atomic E-state index is 13.0. The van der Waals surface area contributed by atoms with Gasteiger partial charge in [0.2, 0.25) is 0 Å². The molecule has 4 rings (SSSR count). The molecule has 0 amide bonds. The minimum absolute atomic E-state index is 0.0758. The number of hydrogen-bond acceptors (Lipinski definition) is 6. The van der Waals surface area contributed by atoms with Crippen LogP contribution in [0.4, 0.5) is 13.2 Å². The summed E-state index contributed by atoms with van der Waals surface area (Å²) in [6.45, 7) is 9.52. The van der Waals surface area contributed by atoms with Gasteiger partial charge < -0.3 is 14.0 Å². The van der Waals surface area contributed by atoms with Crippen molar-refractivity contribution in [2.75, 3.05) is 26.4 Å². The topological polar surface area (TPSA) is 65.4 Å². The zero-order chi connectivity index (χ0) is 26.6. The zero-order valence-electron chi connectivity index (χ0n) is 21.7. The van der Waals surface area contributed by atoms with E-state index in [0.717, 1.165) is 87.0 Å². The normalized spacial score (nSPS) is 20.5. The second-order valence-corrected chi connectivity index (χ2v) is 12.0. The summed E-state index contributed by atoms with van der Waals surface area (Å²) < 4.78 is 52.7. The number of thioether (sulfide) groups is 1. The number of rotatable bonds is 8. The van der Waals surface area contributed by atoms with Crippen LogP contribution in [0, 0.1) is 5.92 Å². The van der Waals surface area contributed by atoms with Crippen LogP contribution in [0.25, 0.3) is 11.0 Å². The fourth-order valence-electron chi connectivity index (χ4n) is 4.74. The van der Waals surface area contributed by atoms with E-state index in [4.69, 9.17) is 14.5 Å². The van der Waals surface area contributed by atoms with Crippen LogP contribution in [0.1, 0.15) is 58.7 Å². The van der Waals surface area contributed by atoms with E-state index < -0.39 is 12.0 Å². The van der Waals surface area contributed by atoms with Gasteiger partial charge in [0, 0.05) is 41.1 Å². The van der Waals surface area contributed by atoms with Crippen LogP contribution in [-0.2, 0) is 26.2 Å². The number of aromatic nitrogens is 2. The van der Waals surface area contributed by atoms with Crippen LogP contribution in [0.5, 0.6) is 0 Å². The number of allylic oxidation sites excluding steroid dienone is 1. The second kappa shape index (κ2) is 11.9. The van der Waals surface area contributed by atoms with Crippen molar-refractivity contribution in [2.24, 2.45) is 5.92 Å². The number of fused-ring (bicyclic) bond motifs is 1. The number of nitrogens with one attached hydrogen (secondary N) is 1. The first-order chi connectivity index (χ1) is 17.5. The smallest absolute Gasteiger partial charge is 0.381 e. The second-order valence-electron chi connectivity index (χ2n) is 10.8. The highest BCUT2D eigenvalue weighted by atomic mass is 32.2. The largest absolute Gasteiger partial charge is 0.454 e. The monoisotopic (exact) mass is 539 g/mol. The highest BCUT2D eigenvalue weighted by Crippen LogP contribution is 2.34. The first-order valence-corrected chi connectivity index (χ1v) is 13.8. The molecule has 0 radical (unpaired) electrons. The lowest BCUT2D eigenvalue weighted by Gasteiger charge is -2.26. The number of ether oxygens (including phenoxy) is 2. The summed E-state index contributed by atoms with van der Waals surface area (Å²) in [5, 5.41) is 3.22. The summed E-state index contributed by atoms with van der Waals surface area (Å²) in [7, 11) is 0. The number of hydrogen-bond donors (Lipinski definition) is 1. The minimum Gasteiger partial charge on any atom is -0.381 e. The van der Waals surface area contributed by atoms with E-state index in [2.05, 4.69) is 30.7 Å². The summed E-state index contributed by atoms with van der Waals surface area (Å²) in [4.78, 5) is 17.6. The number of nitrogens with zero attached hydrogens (tertiary/aromatic N) is 2. The Morgan fingerprint density at radius 3 is 2.62 bits per heavy atom. The fourth-order valence-corrected chi connectivity index (χ4v) is 5.64. The molecule has 1 atom stereocenters. The van der Waals surface area contributed by atoms with E-state index in [9.17, 15) is 18.0 Å². The zero-order valence-corrected chi connectivity index (χ0v) is 22.5. The Kier molecular flexibility index (Phi) is 9.04. The predicted octanol–water partition coefficient (Wildman–Crippen LogP) is 5.98. The Morgan fingerprint density at radius 1 is 1.22 bits per heavy atom. The molecule has 2 saturated heterocycles. The third-order valence-corrected chi connectivity index (χ3v) is 7.67. The van der Waals surface area contributed by atoms with Crippen LogP contribution in [0.3, 0.4) is 0 Å². The van der Waals surface area contributed by atoms with Crippen molar-refractivity contribution in [1.29, 1.82) is 0 Å². The minimum atomic E-state index is -4.93. The van der Waals surface area contributed by atoms with Crippen molar-refractivity contribution >= 4 is 28.6 Å². The van der Waals surface area contributed by atoms with Crippen LogP contribution in [-0.4, -0.2) is 54.1 Å². The number of carbonyl (C=O) groups is 1. The van der Waals surface area contributed by atoms with Crippen molar-refractivity contribution in [2.45, 2.75) is 82.1 Å². The summed E-state index contributed by atoms with van der Waals surface area (Å²) in [6, 6.07) is 5.75. The predicted molar refractivity (Wildman–Crippen MR) is 139 cm³/mol. The number of alkyl halides is 3. The van der Waals surface area contributed by atoms with Gasteiger partial charge in [-0.25, -0.2) is 4.98 Å². The van der Waals surface area contributed by atoms with Gasteiger partial charge in [-0.3, -0.25) is 10.1 Å². The third-order valence-electron chi connectivity index (χ3n) is 6.68. The molecule has 2 aliphatic rings. The lowest BCUT2D eigenvalue weighted by molar-refractivity contribution is -0.165. The molecule has 2 fully saturated rings. The van der Waals surface area contributed by atoms with E-state index in [1.54, 1.807) is 0 Å². The van der Waals surface area contributed by atoms with Crippen LogP contribution >= 0.6 is 11.8 Å². The number of imidazole rings is 1. The number of ketones is 1. The molecular weight excluding hydrogens is 503 g/mol. The maximum atomic E-state index is 13.0. The Hall–Kier alpha value is -1.88. The number of piperidine rings is 1. The molecule has 1 unspecified atom stereocenters. The lowest BCUT2D eigenvalue weighted by Crippen LogP contribution is -2.36. The molecule has 1 N–H and O–H groups in total. The molecule has 37 heavy (non-hydrogen) atoms. The molecule has 6 nitrogen and oxygen atoms in total. The van der Waals surface area contributed by atoms with E-state index >= 15 is 0 Å². The number of carbonyl (C=O) groups excluding carboxylic acids is 1. The highest BCUT2D eigenvalue weighted by Gasteiger charge is 2.37. The number of benzene rings is 1. The Bertz CT molecular complexity index is 1110. The SMILES string of the molecule is CC(C)(C)c1nc2cc(S/C(=C\C(=O)C(F)(F)F)COC3CCCCN3)ccc2n1CC1CCOCC1. The molecule has 1 aromatic carbocycles. The van der Waals surface area contributed by atoms with Gasteiger partial charge in [-0.1, -0.05) is 32.5 Å². The molecule has 0 saturated carbocycles. The van der Waals surface area contributed by atoms with Crippen molar-refractivity contribution in [1.82, 2.24) is 14.9 Å². The summed E-state index contributed by atoms with van der Waals surface area (Å²) in [6.07, 6.45) is 0.346. The van der Waals surface area contributed by atoms with Gasteiger partial charge in [0.25, 0.3) is 5.78 Å². The Balaban J connectivity index is 1.59. The first kappa shape index (κ1) is 28.1. The quantitative estimate of drug-likeness (QED) is 0.329. The molecule has 2 aliphatic heterocycles. The van der Waals surface area contributed by atoms with Gasteiger partial charge in [-0.2, -0.15) is 13.2 Å². The van der Waals surface area contributed by atoms with E-state index in [1.165, 1.54) is 0 Å². The van der Waals surface area contributed by atoms with Crippen LogP contribution in [0.15, 0.2) is 34.1 Å². The standard InChI is InChI=1S/C27H36F3N3O3S/c1-26(2,3)25-32-21-14-19(7-8-22(21)33(25)16-18-9-12-35-13-10-18)37-20(15-23(34)27(28,29)30)17-36-24-6-4-5-11-31-24/h7-8,14-15,18,24,31H,4-6,9-13,16-17H2,1-3H3/b20-15-. The molecule has 1 aromatic heterocycles. The maximum Gasteiger partial charge on any atom is 0.454 e. The number of halogens is 3. The highest BCUT2D eigenvalue weighted by molar-refractivity contribution is 8.03. The average molecular weight is 540 g/mol. The van der Waals surface area contributed by atoms with Crippen LogP contribution in [0.2, 0.25) is 0 Å². The van der Waals surface area contributed by atoms with Gasteiger partial charge in [-0.05, 0) is 62.8 Å². The van der Waals surface area contributed by atoms with E-state index in [-0.39, 0.29) is 23.2 Å². The molecule has 3 heterocycles. The fraction of sp³-hybridized carbons (Fsp3) is 0.630. The van der Waals surface area contributed by atoms with Gasteiger partial charge >= 0.3 is 6.18 Å². The first-order valence-electron chi connectivity index (χ1n) is 12.9. The third kappa shape index (κ3) is 7.59. The van der Waals surface area contributed by atoms with E-state index in [0.29, 0.717) is 16.9 Å². The van der Waals surface area contributed by atoms with Crippen molar-refractivity contribution in [3.63, 3.8) is 0 Å². The summed E-state index contributed by atoms with van der Waals surface area (Å²) in [5.41, 5.74) is 1.61. The van der Waals surface area contributed by atoms with Crippen molar-refractivity contribution in [3.05, 3.63) is 35.0 Å². The lowest BCUT2D eigenvalue weighted by atomic mass is 9.94. The molecule has 0 spiro atoms. The summed E-state index contributed by atoms with van der Waals surface area (Å²) in [5.74, 6) is -0.396. The molecular formula is C27H36F3N3O3S. The van der Waals surface area contributed by atoms with Crippen molar-refractivity contribution in [3.8, 4) is 0 Å². The van der Waals surface area contributed by atoms with E-state index in [1.807, 2.05) is 18.2 Å². The van der Waals surface area contributed by atoms with Gasteiger partial charge in [0.15, 0.2) is 0 Å². The molecule has 0 bridgehead atoms. The summed E-state index contributed by atoms with van der Waals surface area (Å²) >= 11 is 1.12. The van der Waals surface area contributed by atoms with Crippen molar-refractivity contribution < 1.29 is 27.4 Å². The van der Waals surface area contributed by atoms with Gasteiger partial charge in [0.05, 0.1) is 17.6 Å².